The molecule has 0 radical (unpaired) electrons. The Balaban J connectivity index is 0.00000161. The van der Waals surface area contributed by atoms with Gasteiger partial charge in [0.15, 0.2) is 5.84 Å². The van der Waals surface area contributed by atoms with Gasteiger partial charge in [0.25, 0.3) is 10.0 Å². The van der Waals surface area contributed by atoms with E-state index in [0.717, 1.165) is 5.69 Å². The molecule has 0 atom stereocenters. The second-order valence-corrected chi connectivity index (χ2v) is 6.04. The van der Waals surface area contributed by atoms with Crippen molar-refractivity contribution in [3.63, 3.8) is 0 Å². The van der Waals surface area contributed by atoms with Gasteiger partial charge in [-0.3, -0.25) is 0 Å². The summed E-state index contributed by atoms with van der Waals surface area (Å²) in [6, 6.07) is 16.6. The number of fused-ring (bicyclic) bond motifs is 1. The molecule has 21 heavy (non-hydrogen) atoms. The summed E-state index contributed by atoms with van der Waals surface area (Å²) in [6.07, 6.45) is 0. The Hall–Kier alpha value is -1.85. The highest BCUT2D eigenvalue weighted by Crippen LogP contribution is 2.29. The maximum Gasteiger partial charge on any atom is 0.285 e. The van der Waals surface area contributed by atoms with Gasteiger partial charge < -0.3 is 4.90 Å². The van der Waals surface area contributed by atoms with E-state index in [0.29, 0.717) is 17.9 Å². The largest absolute Gasteiger partial charge is 0.325 e. The molecule has 0 spiro atoms. The van der Waals surface area contributed by atoms with Crippen molar-refractivity contribution in [2.45, 2.75) is 11.8 Å². The van der Waals surface area contributed by atoms with Crippen molar-refractivity contribution in [1.82, 2.24) is 0 Å². The van der Waals surface area contributed by atoms with E-state index in [9.17, 15) is 8.42 Å². The monoisotopic (exact) mass is 322 g/mol. The molecule has 0 N–H and O–H groups in total. The Morgan fingerprint density at radius 2 is 1.62 bits per heavy atom. The van der Waals surface area contributed by atoms with Crippen LogP contribution in [0.25, 0.3) is 0 Å². The molecule has 0 saturated heterocycles. The molecule has 0 aromatic heterocycles. The van der Waals surface area contributed by atoms with E-state index >= 15 is 0 Å². The van der Waals surface area contributed by atoms with Gasteiger partial charge in [-0.05, 0) is 31.2 Å². The van der Waals surface area contributed by atoms with Gasteiger partial charge in [0.05, 0.1) is 0 Å². The second kappa shape index (κ2) is 5.87. The summed E-state index contributed by atoms with van der Waals surface area (Å²) in [6.45, 7) is 2.62. The Morgan fingerprint density at radius 1 is 1.00 bits per heavy atom. The van der Waals surface area contributed by atoms with Crippen LogP contribution in [-0.2, 0) is 10.0 Å². The minimum Gasteiger partial charge on any atom is -0.325 e. The van der Waals surface area contributed by atoms with Crippen molar-refractivity contribution in [3.8, 4) is 0 Å². The average Bonchev–Trinajstić information content (AvgIpc) is 2.74. The summed E-state index contributed by atoms with van der Waals surface area (Å²) in [5.41, 5.74) is 1.60. The number of nitrogens with zero attached hydrogens (tertiary/aromatic N) is 2. The third-order valence-corrected chi connectivity index (χ3v) is 4.58. The van der Waals surface area contributed by atoms with Crippen LogP contribution in [0, 0.1) is 0 Å². The summed E-state index contributed by atoms with van der Waals surface area (Å²) >= 11 is 0. The van der Waals surface area contributed by atoms with Crippen molar-refractivity contribution in [1.29, 1.82) is 0 Å². The van der Waals surface area contributed by atoms with Crippen LogP contribution in [0.1, 0.15) is 12.5 Å². The van der Waals surface area contributed by atoms with Gasteiger partial charge in [-0.25, -0.2) is 0 Å². The quantitative estimate of drug-likeness (QED) is 0.853. The van der Waals surface area contributed by atoms with Crippen molar-refractivity contribution in [2.75, 3.05) is 11.4 Å². The molecule has 1 aliphatic heterocycles. The number of rotatable bonds is 2. The van der Waals surface area contributed by atoms with Crippen LogP contribution in [0.2, 0.25) is 0 Å². The minimum absolute atomic E-state index is 0. The van der Waals surface area contributed by atoms with E-state index in [1.54, 1.807) is 18.2 Å². The molecule has 4 nitrogen and oxygen atoms in total. The lowest BCUT2D eigenvalue weighted by Gasteiger charge is -2.22. The molecular weight excluding hydrogens is 308 g/mol. The fourth-order valence-corrected chi connectivity index (χ4v) is 3.56. The lowest BCUT2D eigenvalue weighted by molar-refractivity contribution is 0.599. The van der Waals surface area contributed by atoms with E-state index in [4.69, 9.17) is 0 Å². The predicted octanol–water partition coefficient (Wildman–Crippen LogP) is 3.08. The lowest BCUT2D eigenvalue weighted by atomic mass is 10.1. The molecule has 6 heteroatoms. The highest BCUT2D eigenvalue weighted by molar-refractivity contribution is 7.90. The summed E-state index contributed by atoms with van der Waals surface area (Å²) < 4.78 is 28.2. The fraction of sp³-hybridized carbons (Fsp3) is 0.133. The van der Waals surface area contributed by atoms with Crippen LogP contribution in [0.5, 0.6) is 0 Å². The maximum absolute atomic E-state index is 12.1. The highest BCUT2D eigenvalue weighted by Gasteiger charge is 2.31. The first kappa shape index (κ1) is 15.5. The molecule has 0 saturated carbocycles. The number of halogens is 1. The van der Waals surface area contributed by atoms with Crippen LogP contribution in [0.15, 0.2) is 63.9 Å². The molecule has 1 heterocycles. The van der Waals surface area contributed by atoms with Crippen molar-refractivity contribution in [3.05, 3.63) is 60.2 Å². The van der Waals surface area contributed by atoms with Gasteiger partial charge in [0, 0.05) is 17.8 Å². The zero-order chi connectivity index (χ0) is 14.2. The molecule has 3 rings (SSSR count). The van der Waals surface area contributed by atoms with Crippen LogP contribution >= 0.6 is 12.4 Å². The SMILES string of the molecule is CCN(C1=NS(=O)(=O)c2ccccc21)c1ccccc1.Cl. The maximum atomic E-state index is 12.1. The lowest BCUT2D eigenvalue weighted by Crippen LogP contribution is -2.30. The third-order valence-electron chi connectivity index (χ3n) is 3.25. The molecule has 2 aromatic carbocycles. The van der Waals surface area contributed by atoms with Gasteiger partial charge in [-0.2, -0.15) is 8.42 Å². The van der Waals surface area contributed by atoms with Gasteiger partial charge >= 0.3 is 0 Å². The van der Waals surface area contributed by atoms with E-state index in [2.05, 4.69) is 4.40 Å². The van der Waals surface area contributed by atoms with Crippen LogP contribution in [0.3, 0.4) is 0 Å². The Morgan fingerprint density at radius 3 is 2.29 bits per heavy atom. The molecule has 0 aliphatic carbocycles. The number of amidine groups is 1. The third kappa shape index (κ3) is 2.66. The number of hydrogen-bond acceptors (Lipinski definition) is 3. The molecule has 2 aromatic rings. The van der Waals surface area contributed by atoms with Crippen molar-refractivity contribution in [2.24, 2.45) is 4.40 Å². The van der Waals surface area contributed by atoms with Gasteiger partial charge in [0.2, 0.25) is 0 Å². The zero-order valence-corrected chi connectivity index (χ0v) is 13.1. The molecule has 1 aliphatic rings. The Labute approximate surface area is 130 Å². The Kier molecular flexibility index (Phi) is 4.34. The van der Waals surface area contributed by atoms with Gasteiger partial charge in [0.1, 0.15) is 4.90 Å². The molecule has 0 amide bonds. The number of benzene rings is 2. The van der Waals surface area contributed by atoms with Gasteiger partial charge in [-0.1, -0.05) is 30.3 Å². The summed E-state index contributed by atoms with van der Waals surface area (Å²) in [4.78, 5) is 2.19. The Bertz CT molecular complexity index is 773. The minimum atomic E-state index is -3.57. The standard InChI is InChI=1S/C15H14N2O2S.ClH/c1-2-17(12-8-4-3-5-9-12)15-13-10-6-7-11-14(13)20(18,19)16-15;/h3-11H,2H2,1H3;1H. The molecular formula is C15H15ClN2O2S. The topological polar surface area (TPSA) is 49.7 Å². The zero-order valence-electron chi connectivity index (χ0n) is 11.4. The molecule has 0 unspecified atom stereocenters. The average molecular weight is 323 g/mol. The predicted molar refractivity (Wildman–Crippen MR) is 86.9 cm³/mol. The summed E-state index contributed by atoms with van der Waals surface area (Å²) in [7, 11) is -3.57. The highest BCUT2D eigenvalue weighted by atomic mass is 35.5. The smallest absolute Gasteiger partial charge is 0.285 e. The number of hydrogen-bond donors (Lipinski definition) is 0. The van der Waals surface area contributed by atoms with Crippen molar-refractivity contribution < 1.29 is 8.42 Å². The van der Waals surface area contributed by atoms with E-state index < -0.39 is 10.0 Å². The van der Waals surface area contributed by atoms with Crippen LogP contribution < -0.4 is 4.90 Å². The normalized spacial score (nSPS) is 14.8. The first-order chi connectivity index (χ1) is 9.63. The summed E-state index contributed by atoms with van der Waals surface area (Å²) in [5, 5.41) is 0. The first-order valence-electron chi connectivity index (χ1n) is 6.40. The van der Waals surface area contributed by atoms with Gasteiger partial charge in [-0.15, -0.1) is 16.8 Å². The first-order valence-corrected chi connectivity index (χ1v) is 7.84. The van der Waals surface area contributed by atoms with E-state index in [1.807, 2.05) is 48.2 Å². The van der Waals surface area contributed by atoms with E-state index in [-0.39, 0.29) is 17.3 Å². The fourth-order valence-electron chi connectivity index (χ4n) is 2.35. The van der Waals surface area contributed by atoms with Crippen LogP contribution in [0.4, 0.5) is 5.69 Å². The second-order valence-electron chi connectivity index (χ2n) is 4.47. The molecule has 110 valence electrons. The van der Waals surface area contributed by atoms with E-state index in [1.165, 1.54) is 0 Å². The van der Waals surface area contributed by atoms with Crippen molar-refractivity contribution >= 4 is 34.0 Å². The summed E-state index contributed by atoms with van der Waals surface area (Å²) in [5.74, 6) is 0.495. The number of anilines is 1. The number of sulfonamides is 1. The molecule has 0 bridgehead atoms. The molecule has 0 fully saturated rings. The number of para-hydroxylation sites is 1. The van der Waals surface area contributed by atoms with Crippen LogP contribution in [-0.4, -0.2) is 20.8 Å².